The van der Waals surface area contributed by atoms with Gasteiger partial charge in [-0.15, -0.1) is 24.5 Å². The lowest BCUT2D eigenvalue weighted by Crippen LogP contribution is -2.60. The van der Waals surface area contributed by atoms with Crippen molar-refractivity contribution in [3.63, 3.8) is 0 Å². The van der Waals surface area contributed by atoms with Crippen LogP contribution in [0.5, 0.6) is 5.75 Å². The van der Waals surface area contributed by atoms with Gasteiger partial charge in [0.15, 0.2) is 0 Å². The molecule has 1 unspecified atom stereocenters. The van der Waals surface area contributed by atoms with E-state index in [0.717, 1.165) is 30.6 Å². The molecule has 2 aliphatic carbocycles. The summed E-state index contributed by atoms with van der Waals surface area (Å²) in [5.41, 5.74) is 0.906. The summed E-state index contributed by atoms with van der Waals surface area (Å²) in [4.78, 5) is 63.2. The van der Waals surface area contributed by atoms with E-state index >= 15 is 9.18 Å². The van der Waals surface area contributed by atoms with Gasteiger partial charge in [0, 0.05) is 40.8 Å². The van der Waals surface area contributed by atoms with Crippen LogP contribution < -0.4 is 14.9 Å². The van der Waals surface area contributed by atoms with Gasteiger partial charge in [0.2, 0.25) is 17.7 Å². The Hall–Kier alpha value is -4.87. The lowest BCUT2D eigenvalue weighted by Gasteiger charge is -2.48. The Morgan fingerprint density at radius 1 is 0.930 bits per heavy atom. The number of esters is 1. The summed E-state index contributed by atoms with van der Waals surface area (Å²) in [5, 5.41) is 6.07. The molecule has 13 nitrogen and oxygen atoms in total. The molecule has 1 aromatic heterocycles. The third kappa shape index (κ3) is 11.1. The number of nitrogens with zero attached hydrogens (tertiary/aromatic N) is 3. The monoisotopic (exact) mass is 1020 g/mol. The summed E-state index contributed by atoms with van der Waals surface area (Å²) >= 11 is 1.13. The highest BCUT2D eigenvalue weighted by Crippen LogP contribution is 2.58. The molecule has 5 aliphatic rings. The summed E-state index contributed by atoms with van der Waals surface area (Å²) in [6.07, 6.45) is 0.251. The molecule has 2 saturated carbocycles. The summed E-state index contributed by atoms with van der Waals surface area (Å²) in [6.45, 7) is 6.46. The summed E-state index contributed by atoms with van der Waals surface area (Å²) in [5.74, 6) is -3.64. The lowest BCUT2D eigenvalue weighted by atomic mass is 9.84. The Kier molecular flexibility index (Phi) is 15.0. The van der Waals surface area contributed by atoms with E-state index in [1.807, 2.05) is 36.9 Å². The second-order valence-corrected chi connectivity index (χ2v) is 23.0. The first-order chi connectivity index (χ1) is 34.0. The fraction of sp³-hybridized carbons (Fsp3) is 0.538. The maximum Gasteiger partial charge on any atom is 0.522 e. The van der Waals surface area contributed by atoms with Gasteiger partial charge in [-0.3, -0.25) is 33.4 Å². The van der Waals surface area contributed by atoms with Crippen LogP contribution in [0.15, 0.2) is 84.9 Å². The van der Waals surface area contributed by atoms with Gasteiger partial charge in [0.1, 0.15) is 23.9 Å². The van der Waals surface area contributed by atoms with E-state index in [-0.39, 0.29) is 83.5 Å². The minimum Gasteiger partial charge on any atom is -0.465 e. The number of rotatable bonds is 17. The molecule has 71 heavy (non-hydrogen) atoms. The zero-order valence-corrected chi connectivity index (χ0v) is 41.9. The highest BCUT2D eigenvalue weighted by Gasteiger charge is 2.59. The van der Waals surface area contributed by atoms with E-state index in [1.165, 1.54) is 36.8 Å². The van der Waals surface area contributed by atoms with Gasteiger partial charge in [-0.05, 0) is 131 Å². The third-order valence-electron chi connectivity index (χ3n) is 15.1. The van der Waals surface area contributed by atoms with Gasteiger partial charge in [0.05, 0.1) is 17.6 Å². The normalized spacial score (nSPS) is 26.8. The number of carbonyl (C=O) groups excluding carboxylic acids is 4. The number of carbonyl (C=O) groups is 4. The molecule has 3 amide bonds. The molecule has 9 rings (SSSR count). The van der Waals surface area contributed by atoms with Gasteiger partial charge in [0.25, 0.3) is 5.91 Å². The van der Waals surface area contributed by atoms with Crippen molar-refractivity contribution >= 4 is 52.6 Å². The summed E-state index contributed by atoms with van der Waals surface area (Å²) in [6, 6.07) is 20.8. The Labute approximate surface area is 415 Å². The number of alkyl halides is 4. The van der Waals surface area contributed by atoms with Crippen molar-refractivity contribution in [1.82, 2.24) is 25.1 Å². The molecule has 2 N–H and O–H groups in total. The number of hydrogen-bond donors (Lipinski definition) is 2. The SMILES string of the molecule is CCCOC(=O)[C@H](C)NP(=O)(Oc1ccccc1)[C@H](F)c1ccc2sc(C(=O)N[C@H]3CC[C@H](N(CC)C4CC(OC(F)(F)F)C4)C[C@H]4CC[C@@H](C(=O)N5C[C@H](c6ccccc6)CC56CC6)N4C3=O)cc2c1. The van der Waals surface area contributed by atoms with Crippen molar-refractivity contribution in [2.24, 2.45) is 0 Å². The van der Waals surface area contributed by atoms with Crippen LogP contribution in [0.3, 0.4) is 0 Å². The van der Waals surface area contributed by atoms with E-state index in [4.69, 9.17) is 9.26 Å². The van der Waals surface area contributed by atoms with Crippen LogP contribution >= 0.6 is 18.9 Å². The van der Waals surface area contributed by atoms with Crippen molar-refractivity contribution in [2.45, 2.75) is 157 Å². The highest BCUT2D eigenvalue weighted by molar-refractivity contribution is 7.57. The maximum absolute atomic E-state index is 16.8. The third-order valence-corrected chi connectivity index (χ3v) is 18.4. The van der Waals surface area contributed by atoms with Crippen molar-refractivity contribution in [3.05, 3.63) is 101 Å². The van der Waals surface area contributed by atoms with Crippen molar-refractivity contribution in [2.75, 3.05) is 19.7 Å². The van der Waals surface area contributed by atoms with Gasteiger partial charge in [-0.1, -0.05) is 68.4 Å². The first-order valence-corrected chi connectivity index (χ1v) is 27.4. The molecule has 4 aromatic rings. The minimum absolute atomic E-state index is 0.0236. The number of amides is 3. The Bertz CT molecular complexity index is 2620. The van der Waals surface area contributed by atoms with Crippen LogP contribution in [0.4, 0.5) is 17.6 Å². The van der Waals surface area contributed by atoms with Crippen molar-refractivity contribution < 1.29 is 55.3 Å². The molecule has 3 aromatic carbocycles. The summed E-state index contributed by atoms with van der Waals surface area (Å²) < 4.78 is 86.6. The molecule has 19 heteroatoms. The average Bonchev–Trinajstić information content (AvgIpc) is 3.61. The van der Waals surface area contributed by atoms with E-state index in [1.54, 1.807) is 35.2 Å². The Morgan fingerprint density at radius 2 is 1.65 bits per heavy atom. The first kappa shape index (κ1) is 51.0. The van der Waals surface area contributed by atoms with E-state index in [0.29, 0.717) is 55.3 Å². The number of hydrogen-bond acceptors (Lipinski definition) is 10. The number of fused-ring (bicyclic) bond motifs is 2. The van der Waals surface area contributed by atoms with Crippen LogP contribution in [-0.4, -0.2) is 112 Å². The van der Waals surface area contributed by atoms with Gasteiger partial charge < -0.3 is 24.4 Å². The predicted octanol–water partition coefficient (Wildman–Crippen LogP) is 10.0. The van der Waals surface area contributed by atoms with Gasteiger partial charge in [-0.2, -0.15) is 0 Å². The quantitative estimate of drug-likeness (QED) is 0.0595. The fourth-order valence-electron chi connectivity index (χ4n) is 11.4. The van der Waals surface area contributed by atoms with Crippen LogP contribution in [0, 0.1) is 0 Å². The number of benzene rings is 3. The lowest BCUT2D eigenvalue weighted by molar-refractivity contribution is -0.354. The Balaban J connectivity index is 0.961. The van der Waals surface area contributed by atoms with E-state index in [2.05, 4.69) is 32.2 Å². The van der Waals surface area contributed by atoms with Crippen molar-refractivity contribution in [1.29, 1.82) is 0 Å². The van der Waals surface area contributed by atoms with Crippen LogP contribution in [0.25, 0.3) is 10.1 Å². The number of halogens is 4. The van der Waals surface area contributed by atoms with Gasteiger partial charge >= 0.3 is 19.9 Å². The number of likely N-dealkylation sites (tertiary alicyclic amines) is 1. The van der Waals surface area contributed by atoms with Gasteiger partial charge in [-0.25, -0.2) is 9.48 Å². The second-order valence-electron chi connectivity index (χ2n) is 19.9. The second kappa shape index (κ2) is 20.9. The zero-order valence-electron chi connectivity index (χ0n) is 40.2. The minimum atomic E-state index is -4.73. The van der Waals surface area contributed by atoms with Crippen LogP contribution in [0.2, 0.25) is 0 Å². The molecule has 8 atom stereocenters. The molecule has 3 aliphatic heterocycles. The van der Waals surface area contributed by atoms with E-state index in [9.17, 15) is 32.1 Å². The largest absolute Gasteiger partial charge is 0.522 e. The van der Waals surface area contributed by atoms with Crippen LogP contribution in [-0.2, 0) is 28.4 Å². The van der Waals surface area contributed by atoms with E-state index < -0.39 is 55.9 Å². The molecule has 0 bridgehead atoms. The standard InChI is InChI=1S/C52H62F4N5O8PS/c1-4-24-67-50(65)32(3)58-70(66,69-40-14-10-7-11-15-40)46(53)34-16-21-44-35(25-34)26-45(71-44)47(62)57-42-19-17-37(59(5-2)39-28-41(29-39)68-52(54,55)56)27-38-18-20-43(61(38)48(42)63)49(64)60-31-36(30-51(60)22-23-51)33-12-8-6-9-13-33/h6-16,21,25-26,32,36-39,41-43,46H,4-5,17-20,22-24,27-31H2,1-3H3,(H,57,62)(H,58,66)/t32-,36+,37-,38+,39?,41?,42-,43-,46-,70?/m0/s1. The Morgan fingerprint density at radius 3 is 2.32 bits per heavy atom. The molecular weight excluding hydrogens is 962 g/mol. The van der Waals surface area contributed by atoms with Crippen LogP contribution in [0.1, 0.15) is 124 Å². The average molecular weight is 1020 g/mol. The van der Waals surface area contributed by atoms with Crippen molar-refractivity contribution in [3.8, 4) is 5.75 Å². The first-order valence-electron chi connectivity index (χ1n) is 24.9. The number of nitrogens with one attached hydrogen (secondary N) is 2. The molecule has 5 fully saturated rings. The highest BCUT2D eigenvalue weighted by atomic mass is 32.1. The number of para-hydroxylation sites is 1. The topological polar surface area (TPSA) is 147 Å². The molecule has 4 heterocycles. The maximum atomic E-state index is 16.8. The zero-order chi connectivity index (χ0) is 50.2. The molecule has 382 valence electrons. The summed E-state index contributed by atoms with van der Waals surface area (Å²) in [7, 11) is -4.52. The smallest absolute Gasteiger partial charge is 0.465 e. The molecule has 0 radical (unpaired) electrons. The molecule has 3 saturated heterocycles. The molecule has 1 spiro atoms. The fourth-order valence-corrected chi connectivity index (χ4v) is 14.3. The number of ether oxygens (including phenoxy) is 2. The predicted molar refractivity (Wildman–Crippen MR) is 261 cm³/mol. The number of thiophene rings is 1. The molecular formula is C52H62F4N5O8PS.